The minimum Gasteiger partial charge on any atom is -0.471 e. The maximum Gasteiger partial charge on any atom is 0.275 e. The van der Waals surface area contributed by atoms with Crippen LogP contribution in [0.4, 0.5) is 11.4 Å². The quantitative estimate of drug-likeness (QED) is 0.631. The van der Waals surface area contributed by atoms with E-state index >= 15 is 0 Å². The zero-order valence-corrected chi connectivity index (χ0v) is 12.1. The molecule has 1 aliphatic rings. The van der Waals surface area contributed by atoms with Gasteiger partial charge in [0.25, 0.3) is 11.6 Å². The van der Waals surface area contributed by atoms with Gasteiger partial charge >= 0.3 is 0 Å². The van der Waals surface area contributed by atoms with Crippen LogP contribution in [-0.4, -0.2) is 17.9 Å². The van der Waals surface area contributed by atoms with Crippen LogP contribution in [0.25, 0.3) is 0 Å². The number of carbonyl (C=O) groups excluding carboxylic acids is 1. The Morgan fingerprint density at radius 3 is 2.41 bits per heavy atom. The summed E-state index contributed by atoms with van der Waals surface area (Å²) in [5.74, 6) is 0.380. The number of hydrogen-bond donors (Lipinski definition) is 0. The van der Waals surface area contributed by atoms with E-state index in [9.17, 15) is 14.9 Å². The van der Waals surface area contributed by atoms with E-state index in [2.05, 4.69) is 0 Å². The van der Waals surface area contributed by atoms with Gasteiger partial charge in [0, 0.05) is 24.7 Å². The van der Waals surface area contributed by atoms with Gasteiger partial charge in [-0.2, -0.15) is 0 Å². The SMILES string of the molecule is CN1C(=O)C(C)(c2ccc([N+](=O)[O-])cc2)Oc2ccccc21. The van der Waals surface area contributed by atoms with Crippen LogP contribution in [0.5, 0.6) is 5.75 Å². The zero-order chi connectivity index (χ0) is 15.9. The summed E-state index contributed by atoms with van der Waals surface area (Å²) >= 11 is 0. The molecule has 1 heterocycles. The first-order chi connectivity index (χ1) is 10.4. The Hall–Kier alpha value is -2.89. The number of rotatable bonds is 2. The van der Waals surface area contributed by atoms with Gasteiger partial charge < -0.3 is 9.64 Å². The third kappa shape index (κ3) is 2.00. The second-order valence-electron chi connectivity index (χ2n) is 5.27. The van der Waals surface area contributed by atoms with Crippen molar-refractivity contribution in [1.29, 1.82) is 0 Å². The lowest BCUT2D eigenvalue weighted by Crippen LogP contribution is -2.50. The second kappa shape index (κ2) is 4.84. The molecule has 0 aromatic heterocycles. The topological polar surface area (TPSA) is 72.7 Å². The van der Waals surface area contributed by atoms with Gasteiger partial charge in [-0.15, -0.1) is 0 Å². The van der Waals surface area contributed by atoms with Crippen molar-refractivity contribution in [2.24, 2.45) is 0 Å². The van der Waals surface area contributed by atoms with Gasteiger partial charge in [0.15, 0.2) is 0 Å². The number of anilines is 1. The van der Waals surface area contributed by atoms with Crippen LogP contribution in [0.2, 0.25) is 0 Å². The Labute approximate surface area is 127 Å². The maximum absolute atomic E-state index is 12.7. The molecule has 0 fully saturated rings. The van der Waals surface area contributed by atoms with Crippen LogP contribution < -0.4 is 9.64 Å². The zero-order valence-electron chi connectivity index (χ0n) is 12.1. The number of nitro benzene ring substituents is 1. The first-order valence-corrected chi connectivity index (χ1v) is 6.74. The summed E-state index contributed by atoms with van der Waals surface area (Å²) in [6, 6.07) is 13.1. The summed E-state index contributed by atoms with van der Waals surface area (Å²) in [4.78, 5) is 24.5. The molecule has 3 rings (SSSR count). The third-order valence-corrected chi connectivity index (χ3v) is 3.88. The van der Waals surface area contributed by atoms with Crippen LogP contribution in [0.1, 0.15) is 12.5 Å². The average Bonchev–Trinajstić information content (AvgIpc) is 2.53. The number of amides is 1. The fourth-order valence-corrected chi connectivity index (χ4v) is 2.60. The Bertz CT molecular complexity index is 757. The molecule has 1 unspecified atom stereocenters. The number of ether oxygens (including phenoxy) is 1. The van der Waals surface area contributed by atoms with Gasteiger partial charge in [0.2, 0.25) is 5.60 Å². The molecule has 0 radical (unpaired) electrons. The molecule has 2 aromatic rings. The molecule has 0 N–H and O–H groups in total. The van der Waals surface area contributed by atoms with E-state index in [0.29, 0.717) is 17.0 Å². The average molecular weight is 298 g/mol. The van der Waals surface area contributed by atoms with Crippen LogP contribution in [-0.2, 0) is 10.4 Å². The number of hydrogen-bond acceptors (Lipinski definition) is 4. The lowest BCUT2D eigenvalue weighted by Gasteiger charge is -2.39. The molecule has 1 amide bonds. The van der Waals surface area contributed by atoms with E-state index in [-0.39, 0.29) is 11.6 Å². The van der Waals surface area contributed by atoms with E-state index in [0.717, 1.165) is 0 Å². The maximum atomic E-state index is 12.7. The number of benzene rings is 2. The lowest BCUT2D eigenvalue weighted by atomic mass is 9.92. The van der Waals surface area contributed by atoms with Crippen molar-refractivity contribution >= 4 is 17.3 Å². The van der Waals surface area contributed by atoms with Crippen LogP contribution >= 0.6 is 0 Å². The molecule has 0 saturated heterocycles. The molecule has 0 bridgehead atoms. The summed E-state index contributed by atoms with van der Waals surface area (Å²) in [5, 5.41) is 10.7. The summed E-state index contributed by atoms with van der Waals surface area (Å²) in [7, 11) is 1.69. The molecular weight excluding hydrogens is 284 g/mol. The molecule has 6 nitrogen and oxygen atoms in total. The number of fused-ring (bicyclic) bond motifs is 1. The summed E-state index contributed by atoms with van der Waals surface area (Å²) in [5.41, 5.74) is 0.0406. The molecule has 0 spiro atoms. The summed E-state index contributed by atoms with van der Waals surface area (Å²) in [6.45, 7) is 1.67. The number of non-ortho nitro benzene ring substituents is 1. The Balaban J connectivity index is 2.06. The predicted octanol–water partition coefficient (Wildman–Crippen LogP) is 2.87. The van der Waals surface area contributed by atoms with Gasteiger partial charge in [-0.1, -0.05) is 12.1 Å². The van der Waals surface area contributed by atoms with Gasteiger partial charge in [0.1, 0.15) is 5.75 Å². The highest BCUT2D eigenvalue weighted by Gasteiger charge is 2.44. The minimum atomic E-state index is -1.21. The molecule has 112 valence electrons. The van der Waals surface area contributed by atoms with E-state index in [1.807, 2.05) is 18.2 Å². The van der Waals surface area contributed by atoms with Crippen LogP contribution in [0, 0.1) is 10.1 Å². The van der Waals surface area contributed by atoms with Gasteiger partial charge in [-0.25, -0.2) is 0 Å². The van der Waals surface area contributed by atoms with E-state index in [1.54, 1.807) is 37.1 Å². The highest BCUT2D eigenvalue weighted by atomic mass is 16.6. The molecule has 0 saturated carbocycles. The highest BCUT2D eigenvalue weighted by Crippen LogP contribution is 2.41. The fraction of sp³-hybridized carbons (Fsp3) is 0.188. The van der Waals surface area contributed by atoms with Crippen molar-refractivity contribution in [1.82, 2.24) is 0 Å². The van der Waals surface area contributed by atoms with Crippen molar-refractivity contribution in [3.63, 3.8) is 0 Å². The van der Waals surface area contributed by atoms with Crippen molar-refractivity contribution in [2.75, 3.05) is 11.9 Å². The molecule has 22 heavy (non-hydrogen) atoms. The molecule has 2 aromatic carbocycles. The summed E-state index contributed by atoms with van der Waals surface area (Å²) in [6.07, 6.45) is 0. The van der Waals surface area contributed by atoms with Gasteiger partial charge in [-0.05, 0) is 31.2 Å². The number of carbonyl (C=O) groups is 1. The van der Waals surface area contributed by atoms with Crippen LogP contribution in [0.3, 0.4) is 0 Å². The normalized spacial score (nSPS) is 20.3. The third-order valence-electron chi connectivity index (χ3n) is 3.88. The molecule has 6 heteroatoms. The largest absolute Gasteiger partial charge is 0.471 e. The number of nitrogens with zero attached hydrogens (tertiary/aromatic N) is 2. The Kier molecular flexibility index (Phi) is 3.09. The lowest BCUT2D eigenvalue weighted by molar-refractivity contribution is -0.384. The molecular formula is C16H14N2O4. The first-order valence-electron chi connectivity index (χ1n) is 6.74. The smallest absolute Gasteiger partial charge is 0.275 e. The molecule has 1 aliphatic heterocycles. The van der Waals surface area contributed by atoms with E-state index in [4.69, 9.17) is 4.74 Å². The van der Waals surface area contributed by atoms with Crippen molar-refractivity contribution < 1.29 is 14.5 Å². The molecule has 1 atom stereocenters. The minimum absolute atomic E-state index is 0.0237. The molecule has 0 aliphatic carbocycles. The standard InChI is InChI=1S/C16H14N2O4/c1-16(11-7-9-12(10-8-11)18(20)21)15(19)17(2)13-5-3-4-6-14(13)22-16/h3-10H,1-2H3. The van der Waals surface area contributed by atoms with Crippen molar-refractivity contribution in [3.05, 3.63) is 64.2 Å². The van der Waals surface area contributed by atoms with Gasteiger partial charge in [-0.3, -0.25) is 14.9 Å². The fourth-order valence-electron chi connectivity index (χ4n) is 2.60. The number of nitro groups is 1. The van der Waals surface area contributed by atoms with E-state index < -0.39 is 10.5 Å². The second-order valence-corrected chi connectivity index (χ2v) is 5.27. The first kappa shape index (κ1) is 14.1. The number of para-hydroxylation sites is 2. The highest BCUT2D eigenvalue weighted by molar-refractivity contribution is 6.02. The number of likely N-dealkylation sites (N-methyl/N-ethyl adjacent to an activating group) is 1. The predicted molar refractivity (Wildman–Crippen MR) is 80.9 cm³/mol. The van der Waals surface area contributed by atoms with Crippen molar-refractivity contribution in [3.8, 4) is 5.75 Å². The van der Waals surface area contributed by atoms with Gasteiger partial charge in [0.05, 0.1) is 10.6 Å². The van der Waals surface area contributed by atoms with Crippen LogP contribution in [0.15, 0.2) is 48.5 Å². The van der Waals surface area contributed by atoms with Crippen molar-refractivity contribution in [2.45, 2.75) is 12.5 Å². The Morgan fingerprint density at radius 1 is 1.14 bits per heavy atom. The monoisotopic (exact) mass is 298 g/mol. The van der Waals surface area contributed by atoms with E-state index in [1.165, 1.54) is 12.1 Å². The Morgan fingerprint density at radius 2 is 1.77 bits per heavy atom. The summed E-state index contributed by atoms with van der Waals surface area (Å²) < 4.78 is 5.93.